The highest BCUT2D eigenvalue weighted by Crippen LogP contribution is 2.43. The lowest BCUT2D eigenvalue weighted by atomic mass is 9.66. The molecule has 0 amide bonds. The van der Waals surface area contributed by atoms with Crippen molar-refractivity contribution in [2.75, 3.05) is 13.2 Å². The molecule has 1 fully saturated rings. The number of nitriles is 1. The summed E-state index contributed by atoms with van der Waals surface area (Å²) >= 11 is 0. The number of nitrogens with zero attached hydrogens (tertiary/aromatic N) is 1. The Morgan fingerprint density at radius 3 is 2.10 bits per heavy atom. The van der Waals surface area contributed by atoms with Gasteiger partial charge in [0.2, 0.25) is 0 Å². The zero-order valence-corrected chi connectivity index (χ0v) is 6.77. The second kappa shape index (κ2) is 1.96. The minimum absolute atomic E-state index is 0.0851. The van der Waals surface area contributed by atoms with Crippen molar-refractivity contribution in [3.63, 3.8) is 0 Å². The molecule has 1 heterocycles. The summed E-state index contributed by atoms with van der Waals surface area (Å²) in [5.74, 6) is 0. The van der Waals surface area contributed by atoms with Gasteiger partial charge in [0.1, 0.15) is 0 Å². The molecule has 0 aromatic heterocycles. The van der Waals surface area contributed by atoms with Crippen molar-refractivity contribution in [2.45, 2.75) is 20.8 Å². The highest BCUT2D eigenvalue weighted by Gasteiger charge is 2.47. The largest absolute Gasteiger partial charge is 0.380 e. The van der Waals surface area contributed by atoms with Crippen LogP contribution in [0.3, 0.4) is 0 Å². The van der Waals surface area contributed by atoms with E-state index in [1.807, 2.05) is 13.8 Å². The van der Waals surface area contributed by atoms with E-state index in [0.29, 0.717) is 0 Å². The summed E-state index contributed by atoms with van der Waals surface area (Å²) in [6.45, 7) is 7.49. The van der Waals surface area contributed by atoms with Gasteiger partial charge in [0.15, 0.2) is 0 Å². The molecule has 56 valence electrons. The molecule has 0 unspecified atom stereocenters. The number of rotatable bonds is 1. The molecule has 0 radical (unpaired) electrons. The summed E-state index contributed by atoms with van der Waals surface area (Å²) in [4.78, 5) is 0. The third kappa shape index (κ3) is 0.819. The molecule has 2 nitrogen and oxygen atoms in total. The summed E-state index contributed by atoms with van der Waals surface area (Å²) in [5, 5.41) is 8.79. The molecular formula is C8H13NO. The summed E-state index contributed by atoms with van der Waals surface area (Å²) in [7, 11) is 0. The van der Waals surface area contributed by atoms with E-state index in [1.165, 1.54) is 0 Å². The molecule has 10 heavy (non-hydrogen) atoms. The van der Waals surface area contributed by atoms with Crippen LogP contribution in [0.25, 0.3) is 0 Å². The van der Waals surface area contributed by atoms with Gasteiger partial charge in [-0.15, -0.1) is 0 Å². The molecule has 0 saturated carbocycles. The molecule has 0 aromatic carbocycles. The van der Waals surface area contributed by atoms with Gasteiger partial charge in [-0.05, 0) is 13.8 Å². The van der Waals surface area contributed by atoms with Gasteiger partial charge in [0, 0.05) is 5.41 Å². The van der Waals surface area contributed by atoms with Gasteiger partial charge < -0.3 is 4.74 Å². The molecule has 0 atom stereocenters. The molecule has 0 bridgehead atoms. The highest BCUT2D eigenvalue weighted by atomic mass is 16.5. The number of hydrogen-bond acceptors (Lipinski definition) is 2. The second-order valence-electron chi connectivity index (χ2n) is 3.79. The molecule has 0 aliphatic carbocycles. The van der Waals surface area contributed by atoms with Crippen molar-refractivity contribution >= 4 is 0 Å². The van der Waals surface area contributed by atoms with E-state index < -0.39 is 0 Å². The lowest BCUT2D eigenvalue weighted by Gasteiger charge is -2.46. The fourth-order valence-corrected chi connectivity index (χ4v) is 0.904. The third-order valence-electron chi connectivity index (χ3n) is 2.63. The maximum atomic E-state index is 8.79. The molecule has 1 aliphatic heterocycles. The standard InChI is InChI=1S/C8H13NO/c1-7(2,4-9)8(3)5-10-6-8/h5-6H2,1-3H3. The van der Waals surface area contributed by atoms with Crippen LogP contribution in [0.1, 0.15) is 20.8 Å². The van der Waals surface area contributed by atoms with Gasteiger partial charge in [0.05, 0.1) is 24.7 Å². The Kier molecular flexibility index (Phi) is 1.48. The SMILES string of the molecule is CC(C)(C#N)C1(C)COC1. The Labute approximate surface area is 61.8 Å². The molecule has 1 rings (SSSR count). The summed E-state index contributed by atoms with van der Waals surface area (Å²) < 4.78 is 5.07. The molecule has 0 spiro atoms. The fourth-order valence-electron chi connectivity index (χ4n) is 0.904. The maximum absolute atomic E-state index is 8.79. The third-order valence-corrected chi connectivity index (χ3v) is 2.63. The summed E-state index contributed by atoms with van der Waals surface area (Å²) in [6, 6.07) is 2.30. The first-order valence-electron chi connectivity index (χ1n) is 3.51. The zero-order chi connectivity index (χ0) is 7.83. The first-order valence-corrected chi connectivity index (χ1v) is 3.51. The van der Waals surface area contributed by atoms with E-state index in [2.05, 4.69) is 13.0 Å². The minimum Gasteiger partial charge on any atom is -0.380 e. The number of hydrogen-bond donors (Lipinski definition) is 0. The maximum Gasteiger partial charge on any atom is 0.0691 e. The van der Waals surface area contributed by atoms with Crippen molar-refractivity contribution in [3.05, 3.63) is 0 Å². The van der Waals surface area contributed by atoms with Gasteiger partial charge in [0.25, 0.3) is 0 Å². The Morgan fingerprint density at radius 2 is 2.00 bits per heavy atom. The number of ether oxygens (including phenoxy) is 1. The molecule has 0 N–H and O–H groups in total. The molecule has 0 aromatic rings. The first-order chi connectivity index (χ1) is 4.52. The molecule has 1 aliphatic rings. The van der Waals surface area contributed by atoms with Crippen LogP contribution >= 0.6 is 0 Å². The summed E-state index contributed by atoms with van der Waals surface area (Å²) in [6.07, 6.45) is 0. The predicted molar refractivity (Wildman–Crippen MR) is 38.3 cm³/mol. The normalized spacial score (nSPS) is 23.0. The molecule has 2 heteroatoms. The lowest BCUT2D eigenvalue weighted by Crippen LogP contribution is -2.50. The Hall–Kier alpha value is -0.550. The van der Waals surface area contributed by atoms with Crippen LogP contribution in [0, 0.1) is 22.2 Å². The van der Waals surface area contributed by atoms with E-state index in [-0.39, 0.29) is 10.8 Å². The summed E-state index contributed by atoms with van der Waals surface area (Å²) in [5.41, 5.74) is -0.160. The van der Waals surface area contributed by atoms with Crippen molar-refractivity contribution in [3.8, 4) is 6.07 Å². The van der Waals surface area contributed by atoms with Crippen molar-refractivity contribution in [1.29, 1.82) is 5.26 Å². The Balaban J connectivity index is 2.73. The fraction of sp³-hybridized carbons (Fsp3) is 0.875. The van der Waals surface area contributed by atoms with Crippen LogP contribution in [0.5, 0.6) is 0 Å². The smallest absolute Gasteiger partial charge is 0.0691 e. The van der Waals surface area contributed by atoms with E-state index >= 15 is 0 Å². The first kappa shape index (κ1) is 7.56. The minimum atomic E-state index is -0.245. The topological polar surface area (TPSA) is 33.0 Å². The van der Waals surface area contributed by atoms with Crippen LogP contribution in [0.4, 0.5) is 0 Å². The van der Waals surface area contributed by atoms with Crippen LogP contribution in [-0.4, -0.2) is 13.2 Å². The van der Waals surface area contributed by atoms with E-state index in [4.69, 9.17) is 10.00 Å². The predicted octanol–water partition coefficient (Wildman–Crippen LogP) is 1.57. The van der Waals surface area contributed by atoms with Crippen molar-refractivity contribution < 1.29 is 4.74 Å². The molecular weight excluding hydrogens is 126 g/mol. The Morgan fingerprint density at radius 1 is 1.50 bits per heavy atom. The van der Waals surface area contributed by atoms with Gasteiger partial charge in [-0.3, -0.25) is 0 Å². The van der Waals surface area contributed by atoms with Crippen molar-refractivity contribution in [1.82, 2.24) is 0 Å². The van der Waals surface area contributed by atoms with Crippen LogP contribution in [0.15, 0.2) is 0 Å². The second-order valence-corrected chi connectivity index (χ2v) is 3.79. The van der Waals surface area contributed by atoms with Crippen LogP contribution < -0.4 is 0 Å². The quantitative estimate of drug-likeness (QED) is 0.552. The van der Waals surface area contributed by atoms with E-state index in [1.54, 1.807) is 0 Å². The van der Waals surface area contributed by atoms with Crippen LogP contribution in [-0.2, 0) is 4.74 Å². The van der Waals surface area contributed by atoms with Gasteiger partial charge in [-0.2, -0.15) is 5.26 Å². The Bertz CT molecular complexity index is 174. The van der Waals surface area contributed by atoms with Gasteiger partial charge in [-0.25, -0.2) is 0 Å². The van der Waals surface area contributed by atoms with Gasteiger partial charge in [-0.1, -0.05) is 6.92 Å². The van der Waals surface area contributed by atoms with E-state index in [0.717, 1.165) is 13.2 Å². The average molecular weight is 139 g/mol. The zero-order valence-electron chi connectivity index (χ0n) is 6.77. The highest BCUT2D eigenvalue weighted by molar-refractivity contribution is 5.06. The lowest BCUT2D eigenvalue weighted by molar-refractivity contribution is -0.146. The van der Waals surface area contributed by atoms with Crippen molar-refractivity contribution in [2.24, 2.45) is 10.8 Å². The van der Waals surface area contributed by atoms with Crippen LogP contribution in [0.2, 0.25) is 0 Å². The molecule has 1 saturated heterocycles. The monoisotopic (exact) mass is 139 g/mol. The van der Waals surface area contributed by atoms with Gasteiger partial charge >= 0.3 is 0 Å². The average Bonchev–Trinajstić information content (AvgIpc) is 1.82. The van der Waals surface area contributed by atoms with E-state index in [9.17, 15) is 0 Å².